The maximum absolute atomic E-state index is 8.23. The summed E-state index contributed by atoms with van der Waals surface area (Å²) in [6, 6.07) is 0. The molecule has 0 aliphatic carbocycles. The molecular weight excluding hydrogens is 216 g/mol. The summed E-state index contributed by atoms with van der Waals surface area (Å²) in [7, 11) is -0.887. The van der Waals surface area contributed by atoms with Crippen molar-refractivity contribution in [1.82, 2.24) is 0 Å². The van der Waals surface area contributed by atoms with Crippen LogP contribution in [0.15, 0.2) is 0 Å². The number of rotatable bonds is 3. The molecule has 0 saturated heterocycles. The molecule has 0 saturated carbocycles. The fourth-order valence-electron chi connectivity index (χ4n) is 0.134. The second-order valence-corrected chi connectivity index (χ2v) is 3.29. The first-order valence-corrected chi connectivity index (χ1v) is 3.79. The van der Waals surface area contributed by atoms with Gasteiger partial charge < -0.3 is 15.3 Å². The van der Waals surface area contributed by atoms with E-state index < -0.39 is 7.92 Å². The third kappa shape index (κ3) is 5.08. The van der Waals surface area contributed by atoms with E-state index in [-0.39, 0.29) is 38.5 Å². The van der Waals surface area contributed by atoms with Crippen molar-refractivity contribution >= 4 is 7.92 Å². The molecule has 0 amide bonds. The van der Waals surface area contributed by atoms with Crippen LogP contribution in [0.1, 0.15) is 0 Å². The second kappa shape index (κ2) is 7.93. The molecule has 52 valence electrons. The molecule has 0 aromatic rings. The summed E-state index contributed by atoms with van der Waals surface area (Å²) in [5.74, 6) is 0. The predicted molar refractivity (Wildman–Crippen MR) is 28.2 cm³/mol. The zero-order valence-electron chi connectivity index (χ0n) is 4.26. The minimum absolute atomic E-state index is 0. The van der Waals surface area contributed by atoms with Gasteiger partial charge in [0.2, 0.25) is 0 Å². The van der Waals surface area contributed by atoms with Gasteiger partial charge in [0.15, 0.2) is 0 Å². The van der Waals surface area contributed by atoms with Crippen LogP contribution in [0, 0.1) is 0 Å². The van der Waals surface area contributed by atoms with Gasteiger partial charge >= 0.3 is 0 Å². The van der Waals surface area contributed by atoms with E-state index in [4.69, 9.17) is 15.3 Å². The van der Waals surface area contributed by atoms with E-state index in [1.54, 1.807) is 0 Å². The smallest absolute Gasteiger partial charge is 0.0668 e. The van der Waals surface area contributed by atoms with Gasteiger partial charge in [0, 0.05) is 19.5 Å². The molecule has 0 aliphatic heterocycles. The summed E-state index contributed by atoms with van der Waals surface area (Å²) in [6.45, 7) is 0. The van der Waals surface area contributed by atoms with E-state index in [1.807, 2.05) is 0 Å². The maximum Gasteiger partial charge on any atom is 0.0668 e. The third-order valence-corrected chi connectivity index (χ3v) is 1.80. The van der Waals surface area contributed by atoms with Crippen LogP contribution in [0.25, 0.3) is 0 Å². The summed E-state index contributed by atoms with van der Waals surface area (Å²) in [4.78, 5) is 0. The van der Waals surface area contributed by atoms with Crippen molar-refractivity contribution in [2.45, 2.75) is 0 Å². The Morgan fingerprint density at radius 2 is 1.12 bits per heavy atom. The van der Waals surface area contributed by atoms with Gasteiger partial charge in [-0.15, -0.1) is 0 Å². The number of aliphatic hydroxyl groups excluding tert-OH is 3. The van der Waals surface area contributed by atoms with E-state index in [0.717, 1.165) is 0 Å². The van der Waals surface area contributed by atoms with E-state index in [9.17, 15) is 0 Å². The Morgan fingerprint density at radius 1 is 0.875 bits per heavy atom. The van der Waals surface area contributed by atoms with Crippen LogP contribution < -0.4 is 0 Å². The Labute approximate surface area is 62.2 Å². The van der Waals surface area contributed by atoms with Crippen molar-refractivity contribution in [3.63, 3.8) is 0 Å². The molecular formula is C3H9O3PRu. The summed E-state index contributed by atoms with van der Waals surface area (Å²) in [6.07, 6.45) is -0.243. The molecule has 0 fully saturated rings. The zero-order valence-corrected chi connectivity index (χ0v) is 6.90. The van der Waals surface area contributed by atoms with E-state index in [2.05, 4.69) is 0 Å². The Hall–Kier alpha value is 0.933. The van der Waals surface area contributed by atoms with Gasteiger partial charge in [0.05, 0.1) is 19.0 Å². The Bertz CT molecular complexity index is 36.0. The first-order chi connectivity index (χ1) is 3.35. The molecule has 0 rings (SSSR count). The Kier molecular flexibility index (Phi) is 11.6. The molecule has 0 aliphatic rings. The molecule has 0 aromatic heterocycles. The molecule has 3 nitrogen and oxygen atoms in total. The van der Waals surface area contributed by atoms with Crippen LogP contribution in [-0.2, 0) is 19.5 Å². The molecule has 0 bridgehead atoms. The number of hydrogen-bond acceptors (Lipinski definition) is 3. The molecule has 0 atom stereocenters. The van der Waals surface area contributed by atoms with Gasteiger partial charge in [-0.1, -0.05) is 0 Å². The molecule has 0 unspecified atom stereocenters. The number of hydrogen-bond donors (Lipinski definition) is 3. The van der Waals surface area contributed by atoms with Crippen molar-refractivity contribution in [2.24, 2.45) is 0 Å². The molecule has 3 N–H and O–H groups in total. The van der Waals surface area contributed by atoms with Crippen molar-refractivity contribution in [1.29, 1.82) is 0 Å². The van der Waals surface area contributed by atoms with Gasteiger partial charge in [-0.05, 0) is 7.92 Å². The van der Waals surface area contributed by atoms with Crippen LogP contribution in [-0.4, -0.2) is 34.4 Å². The predicted octanol–water partition coefficient (Wildman–Crippen LogP) is -0.685. The second-order valence-electron chi connectivity index (χ2n) is 1.10. The Balaban J connectivity index is 0. The normalized spacial score (nSPS) is 9.00. The fourth-order valence-corrected chi connectivity index (χ4v) is 0.402. The first-order valence-electron chi connectivity index (χ1n) is 1.90. The van der Waals surface area contributed by atoms with Gasteiger partial charge in [0.1, 0.15) is 0 Å². The summed E-state index contributed by atoms with van der Waals surface area (Å²) in [5, 5.41) is 24.7. The monoisotopic (exact) mass is 226 g/mol. The minimum atomic E-state index is -0.887. The molecule has 0 aromatic carbocycles. The maximum atomic E-state index is 8.23. The summed E-state index contributed by atoms with van der Waals surface area (Å²) in [5.41, 5.74) is 0. The fraction of sp³-hybridized carbons (Fsp3) is 1.00. The topological polar surface area (TPSA) is 60.7 Å². The number of aliphatic hydroxyl groups is 3. The van der Waals surface area contributed by atoms with E-state index in [0.29, 0.717) is 0 Å². The Morgan fingerprint density at radius 3 is 1.12 bits per heavy atom. The van der Waals surface area contributed by atoms with Gasteiger partial charge in [-0.2, -0.15) is 0 Å². The van der Waals surface area contributed by atoms with Crippen LogP contribution in [0.5, 0.6) is 0 Å². The SMILES string of the molecule is OCP(CO)CO.[Ru]. The molecule has 5 heteroatoms. The van der Waals surface area contributed by atoms with E-state index >= 15 is 0 Å². The average Bonchev–Trinajstić information content (AvgIpc) is 1.72. The van der Waals surface area contributed by atoms with Gasteiger partial charge in [-0.3, -0.25) is 0 Å². The van der Waals surface area contributed by atoms with Crippen molar-refractivity contribution in [3.8, 4) is 0 Å². The van der Waals surface area contributed by atoms with Gasteiger partial charge in [0.25, 0.3) is 0 Å². The first kappa shape index (κ1) is 11.7. The molecule has 0 heterocycles. The van der Waals surface area contributed by atoms with Crippen LogP contribution in [0.4, 0.5) is 0 Å². The van der Waals surface area contributed by atoms with Crippen molar-refractivity contribution < 1.29 is 34.8 Å². The van der Waals surface area contributed by atoms with Crippen LogP contribution in [0.2, 0.25) is 0 Å². The summed E-state index contributed by atoms with van der Waals surface area (Å²) < 4.78 is 0. The largest absolute Gasteiger partial charge is 0.392 e. The van der Waals surface area contributed by atoms with Crippen LogP contribution >= 0.6 is 7.92 Å². The average molecular weight is 225 g/mol. The molecule has 8 heavy (non-hydrogen) atoms. The summed E-state index contributed by atoms with van der Waals surface area (Å²) >= 11 is 0. The standard InChI is InChI=1S/C3H9O3P.Ru/c4-1-7(2-5)3-6;/h4-6H,1-3H2;. The molecule has 0 radical (unpaired) electrons. The zero-order chi connectivity index (χ0) is 5.70. The quantitative estimate of drug-likeness (QED) is 0.440. The van der Waals surface area contributed by atoms with Crippen LogP contribution in [0.3, 0.4) is 0 Å². The minimum Gasteiger partial charge on any atom is -0.392 e. The van der Waals surface area contributed by atoms with Gasteiger partial charge in [-0.25, -0.2) is 0 Å². The van der Waals surface area contributed by atoms with Crippen molar-refractivity contribution in [3.05, 3.63) is 0 Å². The van der Waals surface area contributed by atoms with E-state index in [1.165, 1.54) is 0 Å². The third-order valence-electron chi connectivity index (χ3n) is 0.600. The molecule has 0 spiro atoms. The van der Waals surface area contributed by atoms with Crippen molar-refractivity contribution in [2.75, 3.05) is 19.0 Å².